The summed E-state index contributed by atoms with van der Waals surface area (Å²) in [5.74, 6) is -4.34. The second-order valence-corrected chi connectivity index (χ2v) is 7.83. The lowest BCUT2D eigenvalue weighted by atomic mass is 9.96. The Balaban J connectivity index is 0. The van der Waals surface area contributed by atoms with E-state index in [0.717, 1.165) is 6.92 Å². The van der Waals surface area contributed by atoms with Gasteiger partial charge in [-0.2, -0.15) is 0 Å². The van der Waals surface area contributed by atoms with E-state index in [0.29, 0.717) is 0 Å². The maximum atomic E-state index is 12.5. The van der Waals surface area contributed by atoms with Crippen LogP contribution >= 0.6 is 0 Å². The van der Waals surface area contributed by atoms with Crippen molar-refractivity contribution in [2.75, 3.05) is 6.61 Å². The SMILES string of the molecule is CC(=O)NC1C(O)OC(CO)C(O)C1OC(C)C(=O)NC(C)C(=O)NC(CCC(=O)O)C(N)=O.O.O. The van der Waals surface area contributed by atoms with Crippen LogP contribution in [0.15, 0.2) is 0 Å². The lowest BCUT2D eigenvalue weighted by Crippen LogP contribution is -2.65. The number of carboxylic acid groups (broad SMARTS) is 1. The fourth-order valence-electron chi connectivity index (χ4n) is 3.18. The summed E-state index contributed by atoms with van der Waals surface area (Å²) in [4.78, 5) is 58.4. The third-order valence-electron chi connectivity index (χ3n) is 5.03. The first-order valence-corrected chi connectivity index (χ1v) is 10.4. The van der Waals surface area contributed by atoms with E-state index in [4.69, 9.17) is 20.3 Å². The number of ether oxygens (including phenoxy) is 2. The van der Waals surface area contributed by atoms with Crippen LogP contribution in [0.3, 0.4) is 0 Å². The highest BCUT2D eigenvalue weighted by Crippen LogP contribution is 2.23. The standard InChI is InChI=1S/C19H32N4O11.2H2O/c1-7(17(30)23-10(16(20)29)4-5-12(26)27)21-18(31)8(2)33-15-13(22-9(3)25)19(32)34-11(6-24)14(15)28;;/h7-8,10-11,13-15,19,24,28,32H,4-6H2,1-3H3,(H2,20,29)(H,21,31)(H,22,25)(H,23,30)(H,26,27);2*1H2. The van der Waals surface area contributed by atoms with E-state index in [2.05, 4.69) is 16.0 Å². The van der Waals surface area contributed by atoms with Crippen LogP contribution in [0.4, 0.5) is 0 Å². The Labute approximate surface area is 205 Å². The topological polar surface area (TPSA) is 310 Å². The first kappa shape index (κ1) is 35.2. The number of nitrogens with one attached hydrogen (secondary N) is 3. The molecular weight excluding hydrogens is 492 g/mol. The van der Waals surface area contributed by atoms with Crippen molar-refractivity contribution in [3.63, 3.8) is 0 Å². The predicted octanol–water partition coefficient (Wildman–Crippen LogP) is -5.97. The monoisotopic (exact) mass is 528 g/mol. The zero-order valence-electron chi connectivity index (χ0n) is 20.0. The van der Waals surface area contributed by atoms with Gasteiger partial charge in [-0.3, -0.25) is 24.0 Å². The number of amides is 4. The molecular formula is C19H36N4O13. The fraction of sp³-hybridized carbons (Fsp3) is 0.737. The van der Waals surface area contributed by atoms with Crippen LogP contribution in [-0.4, -0.2) is 116 Å². The highest BCUT2D eigenvalue weighted by molar-refractivity contribution is 5.92. The number of carbonyl (C=O) groups is 5. The average molecular weight is 529 g/mol. The molecule has 1 aliphatic rings. The van der Waals surface area contributed by atoms with Crippen LogP contribution in [-0.2, 0) is 33.4 Å². The molecule has 0 aromatic carbocycles. The molecule has 1 saturated heterocycles. The number of aliphatic hydroxyl groups is 3. The summed E-state index contributed by atoms with van der Waals surface area (Å²) in [6, 6.07) is -3.71. The molecule has 13 N–H and O–H groups in total. The van der Waals surface area contributed by atoms with E-state index in [-0.39, 0.29) is 17.4 Å². The molecule has 210 valence electrons. The van der Waals surface area contributed by atoms with Gasteiger partial charge in [0, 0.05) is 13.3 Å². The molecule has 36 heavy (non-hydrogen) atoms. The molecule has 0 aliphatic carbocycles. The van der Waals surface area contributed by atoms with Crippen LogP contribution in [0.2, 0.25) is 0 Å². The Morgan fingerprint density at radius 3 is 2.11 bits per heavy atom. The maximum absolute atomic E-state index is 12.5. The van der Waals surface area contributed by atoms with Gasteiger partial charge in [0.1, 0.15) is 42.5 Å². The average Bonchev–Trinajstić information content (AvgIpc) is 2.74. The number of nitrogens with two attached hydrogens (primary N) is 1. The summed E-state index contributed by atoms with van der Waals surface area (Å²) in [5, 5.41) is 45.5. The largest absolute Gasteiger partial charge is 0.481 e. The number of carboxylic acids is 1. The van der Waals surface area contributed by atoms with E-state index >= 15 is 0 Å². The van der Waals surface area contributed by atoms with Gasteiger partial charge in [0.05, 0.1) is 6.61 Å². The predicted molar refractivity (Wildman–Crippen MR) is 119 cm³/mol. The highest BCUT2D eigenvalue weighted by Gasteiger charge is 2.47. The number of primary amides is 1. The second kappa shape index (κ2) is 15.9. The zero-order chi connectivity index (χ0) is 26.2. The number of rotatable bonds is 12. The van der Waals surface area contributed by atoms with Gasteiger partial charge in [0.2, 0.25) is 23.6 Å². The number of hydrogen-bond donors (Lipinski definition) is 8. The van der Waals surface area contributed by atoms with Crippen molar-refractivity contribution in [2.45, 2.75) is 82.4 Å². The van der Waals surface area contributed by atoms with Gasteiger partial charge in [-0.15, -0.1) is 0 Å². The molecule has 17 nitrogen and oxygen atoms in total. The zero-order valence-corrected chi connectivity index (χ0v) is 20.0. The molecule has 8 atom stereocenters. The van der Waals surface area contributed by atoms with Gasteiger partial charge < -0.3 is 62.5 Å². The molecule has 1 rings (SSSR count). The number of hydrogen-bond acceptors (Lipinski definition) is 10. The third-order valence-corrected chi connectivity index (χ3v) is 5.03. The van der Waals surface area contributed by atoms with Gasteiger partial charge in [0.15, 0.2) is 6.29 Å². The Morgan fingerprint density at radius 1 is 1.06 bits per heavy atom. The molecule has 0 bridgehead atoms. The van der Waals surface area contributed by atoms with Gasteiger partial charge in [-0.05, 0) is 20.3 Å². The molecule has 8 unspecified atom stereocenters. The van der Waals surface area contributed by atoms with E-state index in [9.17, 15) is 39.3 Å². The Bertz CT molecular complexity index is 768. The molecule has 0 aromatic heterocycles. The highest BCUT2D eigenvalue weighted by atomic mass is 16.6. The van der Waals surface area contributed by atoms with Crippen molar-refractivity contribution in [1.29, 1.82) is 0 Å². The quantitative estimate of drug-likeness (QED) is 0.118. The summed E-state index contributed by atoms with van der Waals surface area (Å²) >= 11 is 0. The van der Waals surface area contributed by atoms with Gasteiger partial charge in [-0.25, -0.2) is 0 Å². The maximum Gasteiger partial charge on any atom is 0.303 e. The van der Waals surface area contributed by atoms with E-state index in [1.54, 1.807) is 0 Å². The molecule has 0 spiro atoms. The summed E-state index contributed by atoms with van der Waals surface area (Å²) in [6.45, 7) is 3.06. The summed E-state index contributed by atoms with van der Waals surface area (Å²) in [6.07, 6.45) is -7.74. The summed E-state index contributed by atoms with van der Waals surface area (Å²) < 4.78 is 10.6. The number of aliphatic carboxylic acids is 1. The molecule has 0 saturated carbocycles. The molecule has 17 heteroatoms. The number of carbonyl (C=O) groups excluding carboxylic acids is 4. The first-order chi connectivity index (χ1) is 15.8. The third kappa shape index (κ3) is 10.4. The molecule has 4 amide bonds. The lowest BCUT2D eigenvalue weighted by Gasteiger charge is -2.43. The molecule has 1 heterocycles. The van der Waals surface area contributed by atoms with Crippen molar-refractivity contribution in [3.05, 3.63) is 0 Å². The number of aliphatic hydroxyl groups excluding tert-OH is 3. The van der Waals surface area contributed by atoms with Crippen LogP contribution in [0.5, 0.6) is 0 Å². The Kier molecular flexibility index (Phi) is 15.6. The van der Waals surface area contributed by atoms with Crippen LogP contribution in [0.25, 0.3) is 0 Å². The van der Waals surface area contributed by atoms with Gasteiger partial charge in [0.25, 0.3) is 0 Å². The first-order valence-electron chi connectivity index (χ1n) is 10.4. The van der Waals surface area contributed by atoms with Crippen molar-refractivity contribution in [1.82, 2.24) is 16.0 Å². The fourth-order valence-corrected chi connectivity index (χ4v) is 3.18. The van der Waals surface area contributed by atoms with Crippen LogP contribution in [0.1, 0.15) is 33.6 Å². The minimum absolute atomic E-state index is 0. The minimum atomic E-state index is -1.65. The molecule has 0 aromatic rings. The van der Waals surface area contributed by atoms with Crippen LogP contribution < -0.4 is 21.7 Å². The van der Waals surface area contributed by atoms with Crippen molar-refractivity contribution in [3.8, 4) is 0 Å². The summed E-state index contributed by atoms with van der Waals surface area (Å²) in [7, 11) is 0. The van der Waals surface area contributed by atoms with Crippen molar-refractivity contribution < 1.29 is 64.8 Å². The molecule has 0 radical (unpaired) electrons. The van der Waals surface area contributed by atoms with E-state index in [1.807, 2.05) is 0 Å². The normalized spacial score (nSPS) is 25.6. The van der Waals surface area contributed by atoms with Gasteiger partial charge >= 0.3 is 5.97 Å². The van der Waals surface area contributed by atoms with E-state index in [1.165, 1.54) is 13.8 Å². The van der Waals surface area contributed by atoms with Crippen molar-refractivity contribution in [2.24, 2.45) is 5.73 Å². The van der Waals surface area contributed by atoms with E-state index < -0.39 is 91.5 Å². The lowest BCUT2D eigenvalue weighted by molar-refractivity contribution is -0.266. The van der Waals surface area contributed by atoms with Crippen molar-refractivity contribution >= 4 is 29.6 Å². The van der Waals surface area contributed by atoms with Crippen LogP contribution in [0, 0.1) is 0 Å². The van der Waals surface area contributed by atoms with Gasteiger partial charge in [-0.1, -0.05) is 0 Å². The summed E-state index contributed by atoms with van der Waals surface area (Å²) in [5.41, 5.74) is 5.16. The second-order valence-electron chi connectivity index (χ2n) is 7.83. The molecule has 1 aliphatic heterocycles. The Morgan fingerprint density at radius 2 is 1.64 bits per heavy atom. The minimum Gasteiger partial charge on any atom is -0.481 e. The smallest absolute Gasteiger partial charge is 0.303 e. The Hall–Kier alpha value is -2.93. The molecule has 1 fully saturated rings.